The molecule has 3 N–H and O–H groups in total. The number of urea groups is 1. The molecule has 0 aliphatic carbocycles. The number of nitrogens with one attached hydrogen (secondary N) is 3. The lowest BCUT2D eigenvalue weighted by atomic mass is 10.2. The molecular weight excluding hydrogens is 529 g/mol. The summed E-state index contributed by atoms with van der Waals surface area (Å²) in [5.41, 5.74) is 0.138. The second kappa shape index (κ2) is 13.7. The number of halogens is 3. The summed E-state index contributed by atoms with van der Waals surface area (Å²) in [7, 11) is 0. The Kier molecular flexibility index (Phi) is 9.86. The first kappa shape index (κ1) is 28.8. The van der Waals surface area contributed by atoms with Crippen molar-refractivity contribution in [2.45, 2.75) is 19.1 Å². The van der Waals surface area contributed by atoms with Crippen LogP contribution in [0.5, 0.6) is 11.5 Å². The highest BCUT2D eigenvalue weighted by Gasteiger charge is 2.32. The third kappa shape index (κ3) is 8.92. The molecule has 3 aromatic rings. The maximum Gasteiger partial charge on any atom is 0.433 e. The summed E-state index contributed by atoms with van der Waals surface area (Å²) in [6.45, 7) is 4.72. The molecule has 40 heavy (non-hydrogen) atoms. The molecule has 0 unspecified atom stereocenters. The first-order chi connectivity index (χ1) is 19.3. The molecule has 0 atom stereocenters. The van der Waals surface area contributed by atoms with Crippen molar-refractivity contribution in [3.8, 4) is 11.5 Å². The van der Waals surface area contributed by atoms with Crippen LogP contribution < -0.4 is 20.7 Å². The number of amides is 3. The van der Waals surface area contributed by atoms with Crippen molar-refractivity contribution in [3.63, 3.8) is 0 Å². The van der Waals surface area contributed by atoms with Crippen LogP contribution in [0, 0.1) is 0 Å². The standard InChI is InChI=1S/C27H29F3N6O4/c28-27(29,30)24-7-2-19(17-33-24)18-34-26(38)35-20-3-5-21(6-4-20)40-22-8-10-31-23(16-22)25(37)32-9-1-11-36-12-14-39-15-13-36/h2-8,10,16-17H,1,9,11-15,18H2,(H,32,37)(H2,34,35,38). The minimum Gasteiger partial charge on any atom is -0.457 e. The zero-order valence-electron chi connectivity index (χ0n) is 21.5. The number of anilines is 1. The van der Waals surface area contributed by atoms with Gasteiger partial charge in [-0.25, -0.2) is 4.79 Å². The van der Waals surface area contributed by atoms with Gasteiger partial charge in [-0.05, 0) is 54.9 Å². The van der Waals surface area contributed by atoms with E-state index in [0.29, 0.717) is 29.3 Å². The zero-order valence-corrected chi connectivity index (χ0v) is 21.5. The molecule has 4 rings (SSSR count). The van der Waals surface area contributed by atoms with Gasteiger partial charge in [0, 0.05) is 50.3 Å². The molecule has 3 heterocycles. The lowest BCUT2D eigenvalue weighted by Gasteiger charge is -2.26. The summed E-state index contributed by atoms with van der Waals surface area (Å²) in [5, 5.41) is 8.06. The molecule has 1 saturated heterocycles. The molecule has 1 aliphatic heterocycles. The van der Waals surface area contributed by atoms with Crippen molar-refractivity contribution in [2.75, 3.05) is 44.7 Å². The molecule has 0 spiro atoms. The second-order valence-electron chi connectivity index (χ2n) is 8.92. The van der Waals surface area contributed by atoms with Gasteiger partial charge in [-0.1, -0.05) is 6.07 Å². The van der Waals surface area contributed by atoms with E-state index in [-0.39, 0.29) is 18.1 Å². The van der Waals surface area contributed by atoms with Crippen LogP contribution in [0.15, 0.2) is 60.9 Å². The van der Waals surface area contributed by atoms with Gasteiger partial charge in [0.25, 0.3) is 5.91 Å². The second-order valence-corrected chi connectivity index (χ2v) is 8.92. The number of aromatic nitrogens is 2. The van der Waals surface area contributed by atoms with Gasteiger partial charge in [0.15, 0.2) is 0 Å². The molecule has 2 aromatic heterocycles. The van der Waals surface area contributed by atoms with Crippen LogP contribution in [0.25, 0.3) is 0 Å². The molecule has 212 valence electrons. The fourth-order valence-electron chi connectivity index (χ4n) is 3.82. The van der Waals surface area contributed by atoms with E-state index in [9.17, 15) is 22.8 Å². The number of pyridine rings is 2. The van der Waals surface area contributed by atoms with Crippen LogP contribution in [-0.2, 0) is 17.5 Å². The summed E-state index contributed by atoms with van der Waals surface area (Å²) < 4.78 is 49.0. The Balaban J connectivity index is 1.20. The molecule has 1 aromatic carbocycles. The Bertz CT molecular complexity index is 1270. The maximum absolute atomic E-state index is 12.6. The van der Waals surface area contributed by atoms with Gasteiger partial charge in [0.1, 0.15) is 22.9 Å². The smallest absolute Gasteiger partial charge is 0.433 e. The highest BCUT2D eigenvalue weighted by Crippen LogP contribution is 2.27. The molecular formula is C27H29F3N6O4. The van der Waals surface area contributed by atoms with Crippen LogP contribution in [0.2, 0.25) is 0 Å². The normalized spacial score (nSPS) is 13.9. The summed E-state index contributed by atoms with van der Waals surface area (Å²) in [6, 6.07) is 11.3. The van der Waals surface area contributed by atoms with E-state index >= 15 is 0 Å². The minimum absolute atomic E-state index is 0.00396. The number of rotatable bonds is 10. The van der Waals surface area contributed by atoms with E-state index in [0.717, 1.165) is 51.5 Å². The molecule has 13 heteroatoms. The van der Waals surface area contributed by atoms with E-state index < -0.39 is 17.9 Å². The Morgan fingerprint density at radius 1 is 0.975 bits per heavy atom. The SMILES string of the molecule is O=C(NCc1ccc(C(F)(F)F)nc1)Nc1ccc(Oc2ccnc(C(=O)NCCCN3CCOCC3)c2)cc1. The molecule has 0 saturated carbocycles. The molecule has 1 aliphatic rings. The van der Waals surface area contributed by atoms with Gasteiger partial charge in [0.2, 0.25) is 0 Å². The first-order valence-electron chi connectivity index (χ1n) is 12.7. The number of benzene rings is 1. The molecule has 3 amide bonds. The topological polar surface area (TPSA) is 118 Å². The molecule has 1 fully saturated rings. The Morgan fingerprint density at radius 3 is 2.45 bits per heavy atom. The lowest BCUT2D eigenvalue weighted by molar-refractivity contribution is -0.141. The Labute approximate surface area is 228 Å². The number of carbonyl (C=O) groups is 2. The number of ether oxygens (including phenoxy) is 2. The fourth-order valence-corrected chi connectivity index (χ4v) is 3.82. The quantitative estimate of drug-likeness (QED) is 0.321. The third-order valence-corrected chi connectivity index (χ3v) is 5.92. The zero-order chi connectivity index (χ0) is 28.4. The molecule has 10 nitrogen and oxygen atoms in total. The minimum atomic E-state index is -4.52. The van der Waals surface area contributed by atoms with E-state index in [1.54, 1.807) is 36.4 Å². The predicted octanol–water partition coefficient (Wildman–Crippen LogP) is 4.06. The van der Waals surface area contributed by atoms with Gasteiger partial charge in [-0.3, -0.25) is 19.7 Å². The van der Waals surface area contributed by atoms with E-state index in [1.807, 2.05) is 0 Å². The van der Waals surface area contributed by atoms with Crippen molar-refractivity contribution in [1.29, 1.82) is 0 Å². The van der Waals surface area contributed by atoms with Gasteiger partial charge in [0.05, 0.1) is 13.2 Å². The largest absolute Gasteiger partial charge is 0.457 e. The number of nitrogens with zero attached hydrogens (tertiary/aromatic N) is 3. The number of alkyl halides is 3. The number of hydrogen-bond donors (Lipinski definition) is 3. The van der Waals surface area contributed by atoms with Crippen LogP contribution in [0.1, 0.15) is 28.2 Å². The number of hydrogen-bond acceptors (Lipinski definition) is 7. The Hall–Kier alpha value is -4.23. The Morgan fingerprint density at radius 2 is 1.75 bits per heavy atom. The van der Waals surface area contributed by atoms with E-state index in [4.69, 9.17) is 9.47 Å². The summed E-state index contributed by atoms with van der Waals surface area (Å²) >= 11 is 0. The van der Waals surface area contributed by atoms with Crippen molar-refractivity contribution < 1.29 is 32.2 Å². The van der Waals surface area contributed by atoms with Gasteiger partial charge in [-0.15, -0.1) is 0 Å². The highest BCUT2D eigenvalue weighted by molar-refractivity contribution is 5.92. The van der Waals surface area contributed by atoms with Gasteiger partial charge < -0.3 is 25.4 Å². The third-order valence-electron chi connectivity index (χ3n) is 5.92. The summed E-state index contributed by atoms with van der Waals surface area (Å²) in [4.78, 5) is 34.4. The van der Waals surface area contributed by atoms with E-state index in [2.05, 4.69) is 30.8 Å². The van der Waals surface area contributed by atoms with Gasteiger partial charge >= 0.3 is 12.2 Å². The van der Waals surface area contributed by atoms with Crippen molar-refractivity contribution >= 4 is 17.6 Å². The monoisotopic (exact) mass is 558 g/mol. The predicted molar refractivity (Wildman–Crippen MR) is 140 cm³/mol. The van der Waals surface area contributed by atoms with Crippen LogP contribution in [-0.4, -0.2) is 66.2 Å². The molecule has 0 bridgehead atoms. The molecule has 0 radical (unpaired) electrons. The summed E-state index contributed by atoms with van der Waals surface area (Å²) in [5.74, 6) is 0.618. The van der Waals surface area contributed by atoms with Crippen LogP contribution in [0.3, 0.4) is 0 Å². The highest BCUT2D eigenvalue weighted by atomic mass is 19.4. The first-order valence-corrected chi connectivity index (χ1v) is 12.7. The average molecular weight is 559 g/mol. The maximum atomic E-state index is 12.6. The lowest BCUT2D eigenvalue weighted by Crippen LogP contribution is -2.38. The van der Waals surface area contributed by atoms with Crippen molar-refractivity contribution in [2.24, 2.45) is 0 Å². The summed E-state index contributed by atoms with van der Waals surface area (Å²) in [6.07, 6.45) is -1.14. The number of morpholine rings is 1. The average Bonchev–Trinajstić information content (AvgIpc) is 2.96. The van der Waals surface area contributed by atoms with Crippen LogP contribution >= 0.6 is 0 Å². The fraction of sp³-hybridized carbons (Fsp3) is 0.333. The number of carbonyl (C=O) groups excluding carboxylic acids is 2. The van der Waals surface area contributed by atoms with Crippen molar-refractivity contribution in [3.05, 3.63) is 77.9 Å². The van der Waals surface area contributed by atoms with Crippen LogP contribution in [0.4, 0.5) is 23.7 Å². The van der Waals surface area contributed by atoms with E-state index in [1.165, 1.54) is 12.3 Å². The van der Waals surface area contributed by atoms with Gasteiger partial charge in [-0.2, -0.15) is 13.2 Å². The van der Waals surface area contributed by atoms with Crippen molar-refractivity contribution in [1.82, 2.24) is 25.5 Å².